The summed E-state index contributed by atoms with van der Waals surface area (Å²) in [5, 5.41) is 5.25. The molecular formula is C22H29N5O4. The highest BCUT2D eigenvalue weighted by molar-refractivity contribution is 5.96. The van der Waals surface area contributed by atoms with E-state index >= 15 is 0 Å². The van der Waals surface area contributed by atoms with Crippen LogP contribution in [0.4, 0.5) is 11.4 Å². The summed E-state index contributed by atoms with van der Waals surface area (Å²) in [6.45, 7) is 3.62. The standard InChI is InChI=1S/C22H29N5O4/c1-25-11-12-27(21(29)8-7-18-14-20(28)24-31-18)15-19(25)22(30)23-16-5-4-6-17(13-16)26-9-2-3-10-26/h4-6,13-14,19H,2-3,7-12,15H2,1H3,(H,23,30)(H,24,28)/t19-/m0/s1. The zero-order chi connectivity index (χ0) is 21.8. The third-order valence-electron chi connectivity index (χ3n) is 6.05. The second-order valence-corrected chi connectivity index (χ2v) is 8.25. The van der Waals surface area contributed by atoms with E-state index in [1.807, 2.05) is 30.1 Å². The number of aryl methyl sites for hydroxylation is 1. The molecule has 0 spiro atoms. The number of anilines is 2. The first-order chi connectivity index (χ1) is 15.0. The minimum absolute atomic E-state index is 0.0502. The topological polar surface area (TPSA) is 102 Å². The largest absolute Gasteiger partial charge is 0.384 e. The van der Waals surface area contributed by atoms with E-state index in [4.69, 9.17) is 4.52 Å². The maximum absolute atomic E-state index is 13.0. The molecule has 0 bridgehead atoms. The van der Waals surface area contributed by atoms with Crippen LogP contribution in [-0.2, 0) is 16.0 Å². The normalized spacial score (nSPS) is 19.6. The van der Waals surface area contributed by atoms with Crippen LogP contribution in [0.5, 0.6) is 0 Å². The molecule has 4 rings (SSSR count). The lowest BCUT2D eigenvalue weighted by Crippen LogP contribution is -2.57. The number of benzene rings is 1. The molecule has 9 heteroatoms. The number of nitrogens with one attached hydrogen (secondary N) is 2. The average molecular weight is 428 g/mol. The zero-order valence-corrected chi connectivity index (χ0v) is 17.8. The Labute approximate surface area is 181 Å². The molecule has 0 radical (unpaired) electrons. The van der Waals surface area contributed by atoms with E-state index in [9.17, 15) is 14.4 Å². The summed E-state index contributed by atoms with van der Waals surface area (Å²) in [6.07, 6.45) is 2.98. The Hall–Kier alpha value is -3.07. The van der Waals surface area contributed by atoms with Gasteiger partial charge in [-0.2, -0.15) is 5.16 Å². The van der Waals surface area contributed by atoms with E-state index in [-0.39, 0.29) is 23.8 Å². The highest BCUT2D eigenvalue weighted by atomic mass is 16.5. The summed E-state index contributed by atoms with van der Waals surface area (Å²) in [5.74, 6) is 0.292. The van der Waals surface area contributed by atoms with Crippen LogP contribution in [0.2, 0.25) is 0 Å². The molecule has 0 unspecified atom stereocenters. The van der Waals surface area contributed by atoms with Crippen molar-refractivity contribution in [3.63, 3.8) is 0 Å². The molecule has 1 aromatic carbocycles. The molecule has 0 saturated carbocycles. The molecule has 31 heavy (non-hydrogen) atoms. The first-order valence-corrected chi connectivity index (χ1v) is 10.8. The summed E-state index contributed by atoms with van der Waals surface area (Å²) >= 11 is 0. The highest BCUT2D eigenvalue weighted by Gasteiger charge is 2.32. The summed E-state index contributed by atoms with van der Waals surface area (Å²) in [7, 11) is 1.90. The fraction of sp³-hybridized carbons (Fsp3) is 0.500. The Balaban J connectivity index is 1.35. The molecule has 2 aliphatic heterocycles. The lowest BCUT2D eigenvalue weighted by molar-refractivity contribution is -0.136. The monoisotopic (exact) mass is 427 g/mol. The molecule has 2 aromatic rings. The molecule has 2 N–H and O–H groups in total. The van der Waals surface area contributed by atoms with E-state index in [2.05, 4.69) is 21.4 Å². The number of rotatable bonds is 6. The SMILES string of the molecule is CN1CCN(C(=O)CCc2cc(=O)[nH]o2)C[C@H]1C(=O)Nc1cccc(N2CCCC2)c1. The van der Waals surface area contributed by atoms with Crippen molar-refractivity contribution >= 4 is 23.2 Å². The number of aromatic amines is 1. The summed E-state index contributed by atoms with van der Waals surface area (Å²) < 4.78 is 5.01. The average Bonchev–Trinajstić information content (AvgIpc) is 3.44. The van der Waals surface area contributed by atoms with E-state index < -0.39 is 6.04 Å². The summed E-state index contributed by atoms with van der Waals surface area (Å²) in [4.78, 5) is 42.8. The zero-order valence-electron chi connectivity index (χ0n) is 17.8. The fourth-order valence-electron chi connectivity index (χ4n) is 4.20. The number of likely N-dealkylation sites (N-methyl/N-ethyl adjacent to an activating group) is 1. The predicted molar refractivity (Wildman–Crippen MR) is 117 cm³/mol. The van der Waals surface area contributed by atoms with Gasteiger partial charge in [0.05, 0.1) is 0 Å². The Kier molecular flexibility index (Phi) is 6.41. The van der Waals surface area contributed by atoms with Crippen molar-refractivity contribution in [2.75, 3.05) is 50.0 Å². The molecule has 2 fully saturated rings. The van der Waals surface area contributed by atoms with Gasteiger partial charge in [0.15, 0.2) is 0 Å². The van der Waals surface area contributed by atoms with Crippen molar-refractivity contribution in [2.45, 2.75) is 31.7 Å². The minimum Gasteiger partial charge on any atom is -0.384 e. The molecule has 9 nitrogen and oxygen atoms in total. The van der Waals surface area contributed by atoms with Gasteiger partial charge in [-0.25, -0.2) is 0 Å². The van der Waals surface area contributed by atoms with E-state index in [0.29, 0.717) is 31.8 Å². The molecular weight excluding hydrogens is 398 g/mol. The number of nitrogens with zero attached hydrogens (tertiary/aromatic N) is 3. The Morgan fingerprint density at radius 1 is 1.16 bits per heavy atom. The lowest BCUT2D eigenvalue weighted by atomic mass is 10.1. The van der Waals surface area contributed by atoms with Crippen LogP contribution in [0.3, 0.4) is 0 Å². The van der Waals surface area contributed by atoms with Gasteiger partial charge in [0.25, 0.3) is 5.56 Å². The van der Waals surface area contributed by atoms with Gasteiger partial charge in [-0.1, -0.05) is 6.07 Å². The van der Waals surface area contributed by atoms with E-state index in [0.717, 1.165) is 24.5 Å². The van der Waals surface area contributed by atoms with Gasteiger partial charge >= 0.3 is 0 Å². The van der Waals surface area contributed by atoms with Crippen LogP contribution in [0.1, 0.15) is 25.0 Å². The van der Waals surface area contributed by atoms with Gasteiger partial charge in [-0.05, 0) is 38.1 Å². The van der Waals surface area contributed by atoms with Crippen LogP contribution in [-0.4, -0.2) is 72.6 Å². The van der Waals surface area contributed by atoms with Crippen molar-refractivity contribution in [3.05, 3.63) is 46.4 Å². The molecule has 1 aromatic heterocycles. The van der Waals surface area contributed by atoms with Crippen LogP contribution in [0.15, 0.2) is 39.6 Å². The van der Waals surface area contributed by atoms with Crippen LogP contribution < -0.4 is 15.8 Å². The maximum Gasteiger partial charge on any atom is 0.280 e. The van der Waals surface area contributed by atoms with Crippen molar-refractivity contribution in [1.29, 1.82) is 0 Å². The second kappa shape index (κ2) is 9.38. The number of carbonyl (C=O) groups is 2. The van der Waals surface area contributed by atoms with Crippen LogP contribution in [0.25, 0.3) is 0 Å². The second-order valence-electron chi connectivity index (χ2n) is 8.25. The third-order valence-corrected chi connectivity index (χ3v) is 6.05. The third kappa shape index (κ3) is 5.16. The van der Waals surface area contributed by atoms with Gasteiger partial charge in [-0.3, -0.25) is 19.3 Å². The van der Waals surface area contributed by atoms with Gasteiger partial charge in [0.1, 0.15) is 11.8 Å². The van der Waals surface area contributed by atoms with E-state index in [1.165, 1.54) is 18.9 Å². The van der Waals surface area contributed by atoms with Crippen molar-refractivity contribution in [1.82, 2.24) is 15.0 Å². The number of aromatic nitrogens is 1. The molecule has 3 heterocycles. The number of carbonyl (C=O) groups excluding carboxylic acids is 2. The Morgan fingerprint density at radius 3 is 2.71 bits per heavy atom. The number of piperazine rings is 1. The van der Waals surface area contributed by atoms with Crippen LogP contribution in [0, 0.1) is 0 Å². The first kappa shape index (κ1) is 21.2. The minimum atomic E-state index is -0.418. The molecule has 166 valence electrons. The van der Waals surface area contributed by atoms with Gasteiger partial charge in [-0.15, -0.1) is 0 Å². The Bertz CT molecular complexity index is 978. The molecule has 0 aliphatic carbocycles. The maximum atomic E-state index is 13.0. The number of H-pyrrole nitrogens is 1. The summed E-state index contributed by atoms with van der Waals surface area (Å²) in [6, 6.07) is 8.87. The quantitative estimate of drug-likeness (QED) is 0.720. The van der Waals surface area contributed by atoms with Gasteiger partial charge in [0, 0.05) is 63.0 Å². The molecule has 2 aliphatic rings. The number of hydrogen-bond acceptors (Lipinski definition) is 6. The summed E-state index contributed by atoms with van der Waals surface area (Å²) in [5.41, 5.74) is 1.59. The number of hydrogen-bond donors (Lipinski definition) is 2. The van der Waals surface area contributed by atoms with Crippen molar-refractivity contribution < 1.29 is 14.1 Å². The molecule has 2 amide bonds. The van der Waals surface area contributed by atoms with Crippen molar-refractivity contribution in [2.24, 2.45) is 0 Å². The smallest absolute Gasteiger partial charge is 0.280 e. The fourth-order valence-corrected chi connectivity index (χ4v) is 4.20. The van der Waals surface area contributed by atoms with Crippen molar-refractivity contribution in [3.8, 4) is 0 Å². The van der Waals surface area contributed by atoms with Gasteiger partial charge in [0.2, 0.25) is 11.8 Å². The van der Waals surface area contributed by atoms with Gasteiger partial charge < -0.3 is 19.6 Å². The molecule has 1 atom stereocenters. The lowest BCUT2D eigenvalue weighted by Gasteiger charge is -2.38. The number of amides is 2. The highest BCUT2D eigenvalue weighted by Crippen LogP contribution is 2.24. The Morgan fingerprint density at radius 2 is 1.97 bits per heavy atom. The first-order valence-electron chi connectivity index (χ1n) is 10.8. The predicted octanol–water partition coefficient (Wildman–Crippen LogP) is 1.28. The van der Waals surface area contributed by atoms with E-state index in [1.54, 1.807) is 4.90 Å². The molecule has 2 saturated heterocycles. The van der Waals surface area contributed by atoms with Crippen LogP contribution >= 0.6 is 0 Å².